The summed E-state index contributed by atoms with van der Waals surface area (Å²) in [6, 6.07) is 0. The molecule has 0 spiro atoms. The summed E-state index contributed by atoms with van der Waals surface area (Å²) < 4.78 is 0. The van der Waals surface area contributed by atoms with Gasteiger partial charge in [-0.05, 0) is 25.8 Å². The van der Waals surface area contributed by atoms with Gasteiger partial charge in [-0.2, -0.15) is 11.8 Å². The Balaban J connectivity index is 2.17. The summed E-state index contributed by atoms with van der Waals surface area (Å²) in [4.78, 5) is 2.40. The monoisotopic (exact) mass is 131 g/mol. The summed E-state index contributed by atoms with van der Waals surface area (Å²) in [5.41, 5.74) is 0. The Labute approximate surface area is 55.4 Å². The molecule has 0 saturated carbocycles. The van der Waals surface area contributed by atoms with E-state index in [1.165, 1.54) is 31.0 Å². The number of rotatable bonds is 0. The Morgan fingerprint density at radius 3 is 3.00 bits per heavy atom. The molecule has 0 aromatic heterocycles. The van der Waals surface area contributed by atoms with Gasteiger partial charge in [0.2, 0.25) is 0 Å². The molecule has 0 aromatic rings. The molecule has 1 fully saturated rings. The lowest BCUT2D eigenvalue weighted by Crippen LogP contribution is -2.20. The van der Waals surface area contributed by atoms with Crippen LogP contribution in [-0.2, 0) is 0 Å². The first kappa shape index (κ1) is 6.43. The summed E-state index contributed by atoms with van der Waals surface area (Å²) in [5.74, 6) is 2.70. The first-order chi connectivity index (χ1) is 3.89. The normalized spacial score (nSPS) is 25.1. The van der Waals surface area contributed by atoms with Crippen LogP contribution in [0.25, 0.3) is 0 Å². The third-order valence-corrected chi connectivity index (χ3v) is 2.49. The standard InChI is InChI=1S/C6H13NS/c1-7-3-2-5-8-6-4-7/h2-6H2,1H3. The van der Waals surface area contributed by atoms with E-state index in [1.54, 1.807) is 0 Å². The molecule has 1 aliphatic heterocycles. The van der Waals surface area contributed by atoms with Gasteiger partial charge in [-0.15, -0.1) is 0 Å². The van der Waals surface area contributed by atoms with E-state index in [2.05, 4.69) is 23.7 Å². The zero-order chi connectivity index (χ0) is 5.82. The minimum Gasteiger partial charge on any atom is -0.306 e. The van der Waals surface area contributed by atoms with Gasteiger partial charge in [0.05, 0.1) is 0 Å². The van der Waals surface area contributed by atoms with Crippen LogP contribution in [0.1, 0.15) is 6.42 Å². The highest BCUT2D eigenvalue weighted by atomic mass is 32.2. The lowest BCUT2D eigenvalue weighted by atomic mass is 10.4. The average molecular weight is 131 g/mol. The Kier molecular flexibility index (Phi) is 2.70. The summed E-state index contributed by atoms with van der Waals surface area (Å²) in [6.45, 7) is 2.58. The van der Waals surface area contributed by atoms with Crippen molar-refractivity contribution in [3.63, 3.8) is 0 Å². The molecule has 2 heteroatoms. The van der Waals surface area contributed by atoms with Crippen molar-refractivity contribution in [2.75, 3.05) is 31.6 Å². The molecule has 0 unspecified atom stereocenters. The van der Waals surface area contributed by atoms with E-state index in [1.807, 2.05) is 0 Å². The number of thioether (sulfide) groups is 1. The van der Waals surface area contributed by atoms with Gasteiger partial charge in [0.1, 0.15) is 0 Å². The molecule has 0 atom stereocenters. The van der Waals surface area contributed by atoms with E-state index in [9.17, 15) is 0 Å². The molecule has 0 bridgehead atoms. The van der Waals surface area contributed by atoms with Gasteiger partial charge in [-0.1, -0.05) is 0 Å². The highest BCUT2D eigenvalue weighted by Crippen LogP contribution is 2.07. The summed E-state index contributed by atoms with van der Waals surface area (Å²) in [7, 11) is 2.20. The maximum Gasteiger partial charge on any atom is 0.00693 e. The van der Waals surface area contributed by atoms with Crippen molar-refractivity contribution in [2.45, 2.75) is 6.42 Å². The minimum absolute atomic E-state index is 1.28. The Bertz CT molecular complexity index is 57.5. The third-order valence-electron chi connectivity index (χ3n) is 1.45. The maximum atomic E-state index is 2.40. The summed E-state index contributed by atoms with van der Waals surface area (Å²) in [5, 5.41) is 0. The molecule has 8 heavy (non-hydrogen) atoms. The van der Waals surface area contributed by atoms with Gasteiger partial charge in [0.15, 0.2) is 0 Å². The first-order valence-electron chi connectivity index (χ1n) is 3.16. The van der Waals surface area contributed by atoms with Crippen molar-refractivity contribution in [3.8, 4) is 0 Å². The zero-order valence-electron chi connectivity index (χ0n) is 5.39. The van der Waals surface area contributed by atoms with Crippen LogP contribution < -0.4 is 0 Å². The molecule has 1 nitrogen and oxygen atoms in total. The Hall–Kier alpha value is 0.310. The van der Waals surface area contributed by atoms with Crippen molar-refractivity contribution in [2.24, 2.45) is 0 Å². The lowest BCUT2D eigenvalue weighted by Gasteiger charge is -2.09. The molecule has 0 radical (unpaired) electrons. The van der Waals surface area contributed by atoms with E-state index in [4.69, 9.17) is 0 Å². The molecule has 1 heterocycles. The average Bonchev–Trinajstić information content (AvgIpc) is 1.94. The zero-order valence-corrected chi connectivity index (χ0v) is 6.21. The van der Waals surface area contributed by atoms with Crippen molar-refractivity contribution in [1.29, 1.82) is 0 Å². The Morgan fingerprint density at radius 1 is 1.25 bits per heavy atom. The predicted molar refractivity (Wildman–Crippen MR) is 39.4 cm³/mol. The molecule has 0 amide bonds. The van der Waals surface area contributed by atoms with Crippen molar-refractivity contribution in [1.82, 2.24) is 4.90 Å². The van der Waals surface area contributed by atoms with Gasteiger partial charge in [-0.25, -0.2) is 0 Å². The van der Waals surface area contributed by atoms with Crippen molar-refractivity contribution in [3.05, 3.63) is 0 Å². The first-order valence-corrected chi connectivity index (χ1v) is 4.31. The molecular weight excluding hydrogens is 118 g/mol. The number of nitrogens with zero attached hydrogens (tertiary/aromatic N) is 1. The van der Waals surface area contributed by atoms with Crippen LogP contribution in [-0.4, -0.2) is 36.5 Å². The number of hydrogen-bond donors (Lipinski definition) is 0. The van der Waals surface area contributed by atoms with Crippen LogP contribution in [0.2, 0.25) is 0 Å². The SMILES string of the molecule is CN1CCCSCC1. The molecule has 48 valence electrons. The fourth-order valence-electron chi connectivity index (χ4n) is 0.871. The topological polar surface area (TPSA) is 3.24 Å². The molecule has 1 rings (SSSR count). The number of hydrogen-bond acceptors (Lipinski definition) is 2. The highest BCUT2D eigenvalue weighted by molar-refractivity contribution is 7.99. The quantitative estimate of drug-likeness (QED) is 0.483. The molecule has 1 saturated heterocycles. The smallest absolute Gasteiger partial charge is 0.00693 e. The molecular formula is C6H13NS. The van der Waals surface area contributed by atoms with Gasteiger partial charge in [0, 0.05) is 12.3 Å². The van der Waals surface area contributed by atoms with E-state index >= 15 is 0 Å². The second kappa shape index (κ2) is 3.36. The lowest BCUT2D eigenvalue weighted by molar-refractivity contribution is 0.362. The van der Waals surface area contributed by atoms with E-state index in [0.717, 1.165) is 0 Å². The minimum atomic E-state index is 1.28. The fourth-order valence-corrected chi connectivity index (χ4v) is 1.85. The van der Waals surface area contributed by atoms with Gasteiger partial charge in [-0.3, -0.25) is 0 Å². The Morgan fingerprint density at radius 2 is 2.12 bits per heavy atom. The maximum absolute atomic E-state index is 2.40. The molecule has 0 aliphatic carbocycles. The fraction of sp³-hybridized carbons (Fsp3) is 1.00. The van der Waals surface area contributed by atoms with Crippen LogP contribution >= 0.6 is 11.8 Å². The van der Waals surface area contributed by atoms with Gasteiger partial charge in [0.25, 0.3) is 0 Å². The van der Waals surface area contributed by atoms with Crippen LogP contribution in [0.4, 0.5) is 0 Å². The van der Waals surface area contributed by atoms with E-state index in [0.29, 0.717) is 0 Å². The van der Waals surface area contributed by atoms with E-state index in [-0.39, 0.29) is 0 Å². The van der Waals surface area contributed by atoms with Crippen LogP contribution in [0.5, 0.6) is 0 Å². The highest BCUT2D eigenvalue weighted by Gasteiger charge is 2.01. The molecule has 0 N–H and O–H groups in total. The third kappa shape index (κ3) is 2.05. The van der Waals surface area contributed by atoms with Gasteiger partial charge < -0.3 is 4.90 Å². The molecule has 0 aromatic carbocycles. The largest absolute Gasteiger partial charge is 0.306 e. The van der Waals surface area contributed by atoms with Crippen molar-refractivity contribution >= 4 is 11.8 Å². The van der Waals surface area contributed by atoms with Crippen LogP contribution in [0.15, 0.2) is 0 Å². The second-order valence-corrected chi connectivity index (χ2v) is 3.49. The summed E-state index contributed by atoms with van der Waals surface area (Å²) in [6.07, 6.45) is 1.38. The van der Waals surface area contributed by atoms with Gasteiger partial charge >= 0.3 is 0 Å². The second-order valence-electron chi connectivity index (χ2n) is 2.27. The molecule has 1 aliphatic rings. The van der Waals surface area contributed by atoms with Crippen molar-refractivity contribution < 1.29 is 0 Å². The van der Waals surface area contributed by atoms with Crippen LogP contribution in [0, 0.1) is 0 Å². The summed E-state index contributed by atoms with van der Waals surface area (Å²) >= 11 is 2.08. The predicted octanol–water partition coefficient (Wildman–Crippen LogP) is 1.06. The van der Waals surface area contributed by atoms with Crippen LogP contribution in [0.3, 0.4) is 0 Å². The van der Waals surface area contributed by atoms with E-state index < -0.39 is 0 Å².